The number of fused-ring (bicyclic) bond motifs is 9. The molecule has 5 aromatic carbocycles. The summed E-state index contributed by atoms with van der Waals surface area (Å²) in [6, 6.07) is 34.5. The molecule has 8 rings (SSSR count). The summed E-state index contributed by atoms with van der Waals surface area (Å²) in [5, 5.41) is 4.61. The van der Waals surface area contributed by atoms with Crippen molar-refractivity contribution in [2.75, 3.05) is 0 Å². The number of para-hydroxylation sites is 1. The van der Waals surface area contributed by atoms with Gasteiger partial charge in [-0.2, -0.15) is 0 Å². The van der Waals surface area contributed by atoms with Crippen LogP contribution in [-0.2, 0) is 5.41 Å². The third-order valence-corrected chi connectivity index (χ3v) is 7.89. The van der Waals surface area contributed by atoms with Crippen LogP contribution in [0.5, 0.6) is 0 Å². The second kappa shape index (κ2) is 6.43. The molecule has 35 heavy (non-hydrogen) atoms. The molecule has 7 aromatic rings. The second-order valence-corrected chi connectivity index (χ2v) is 10.2. The Morgan fingerprint density at radius 1 is 0.486 bits per heavy atom. The minimum atomic E-state index is -0.0474. The first kappa shape index (κ1) is 19.1. The molecule has 0 radical (unpaired) electrons. The van der Waals surface area contributed by atoms with E-state index in [-0.39, 0.29) is 5.41 Å². The Kier molecular flexibility index (Phi) is 3.50. The minimum absolute atomic E-state index is 0.0474. The van der Waals surface area contributed by atoms with Crippen molar-refractivity contribution < 1.29 is 8.83 Å². The topological polar surface area (TPSA) is 26.3 Å². The van der Waals surface area contributed by atoms with Gasteiger partial charge in [0.05, 0.1) is 0 Å². The number of rotatable bonds is 1. The molecule has 0 bridgehead atoms. The maximum absolute atomic E-state index is 6.44. The van der Waals surface area contributed by atoms with Gasteiger partial charge in [-0.05, 0) is 69.8 Å². The highest BCUT2D eigenvalue weighted by Crippen LogP contribution is 2.51. The summed E-state index contributed by atoms with van der Waals surface area (Å²) < 4.78 is 12.6. The molecule has 2 aromatic heterocycles. The Labute approximate surface area is 202 Å². The molecule has 0 N–H and O–H groups in total. The van der Waals surface area contributed by atoms with E-state index in [2.05, 4.69) is 98.8 Å². The first-order valence-electron chi connectivity index (χ1n) is 12.1. The summed E-state index contributed by atoms with van der Waals surface area (Å²) in [6.45, 7) is 4.61. The van der Waals surface area contributed by atoms with Crippen LogP contribution < -0.4 is 0 Å². The number of furan rings is 2. The van der Waals surface area contributed by atoms with Gasteiger partial charge in [-0.15, -0.1) is 0 Å². The van der Waals surface area contributed by atoms with Crippen LogP contribution in [0.1, 0.15) is 25.0 Å². The first-order valence-corrected chi connectivity index (χ1v) is 12.1. The predicted molar refractivity (Wildman–Crippen MR) is 144 cm³/mol. The zero-order chi connectivity index (χ0) is 23.3. The smallest absolute Gasteiger partial charge is 0.136 e. The molecule has 0 unspecified atom stereocenters. The fourth-order valence-electron chi connectivity index (χ4n) is 6.15. The summed E-state index contributed by atoms with van der Waals surface area (Å²) in [6.07, 6.45) is 0. The summed E-state index contributed by atoms with van der Waals surface area (Å²) in [4.78, 5) is 0. The van der Waals surface area contributed by atoms with Crippen LogP contribution in [0.4, 0.5) is 0 Å². The van der Waals surface area contributed by atoms with E-state index in [1.165, 1.54) is 22.3 Å². The van der Waals surface area contributed by atoms with Gasteiger partial charge in [-0.1, -0.05) is 74.5 Å². The molecular weight excluding hydrogens is 428 g/mol. The Morgan fingerprint density at radius 2 is 1.20 bits per heavy atom. The minimum Gasteiger partial charge on any atom is -0.456 e. The van der Waals surface area contributed by atoms with Gasteiger partial charge in [0.2, 0.25) is 0 Å². The zero-order valence-electron chi connectivity index (χ0n) is 19.6. The van der Waals surface area contributed by atoms with Gasteiger partial charge >= 0.3 is 0 Å². The van der Waals surface area contributed by atoms with Gasteiger partial charge in [0.25, 0.3) is 0 Å². The monoisotopic (exact) mass is 450 g/mol. The highest BCUT2D eigenvalue weighted by molar-refractivity contribution is 6.15. The lowest BCUT2D eigenvalue weighted by atomic mass is 9.82. The van der Waals surface area contributed by atoms with Crippen molar-refractivity contribution in [3.8, 4) is 22.3 Å². The molecule has 2 heterocycles. The van der Waals surface area contributed by atoms with Crippen LogP contribution in [0.3, 0.4) is 0 Å². The quantitative estimate of drug-likeness (QED) is 0.249. The molecule has 0 amide bonds. The average molecular weight is 451 g/mol. The normalized spacial score (nSPS) is 14.2. The fraction of sp³-hybridized carbons (Fsp3) is 0.0909. The number of hydrogen-bond acceptors (Lipinski definition) is 2. The molecule has 0 aliphatic heterocycles. The Morgan fingerprint density at radius 3 is 2.14 bits per heavy atom. The molecule has 0 saturated carbocycles. The van der Waals surface area contributed by atoms with Gasteiger partial charge in [-0.25, -0.2) is 0 Å². The zero-order valence-corrected chi connectivity index (χ0v) is 19.6. The van der Waals surface area contributed by atoms with Crippen molar-refractivity contribution in [1.82, 2.24) is 0 Å². The van der Waals surface area contributed by atoms with E-state index in [0.717, 1.165) is 55.0 Å². The van der Waals surface area contributed by atoms with Crippen molar-refractivity contribution >= 4 is 43.9 Å². The molecule has 1 aliphatic rings. The lowest BCUT2D eigenvalue weighted by molar-refractivity contribution is 0.647. The van der Waals surface area contributed by atoms with Crippen LogP contribution in [0.2, 0.25) is 0 Å². The molecule has 2 heteroatoms. The third-order valence-electron chi connectivity index (χ3n) is 7.89. The van der Waals surface area contributed by atoms with E-state index in [1.54, 1.807) is 0 Å². The van der Waals surface area contributed by atoms with E-state index in [4.69, 9.17) is 8.83 Å². The lowest BCUT2D eigenvalue weighted by Crippen LogP contribution is -2.14. The highest BCUT2D eigenvalue weighted by atomic mass is 16.3. The summed E-state index contributed by atoms with van der Waals surface area (Å²) >= 11 is 0. The molecule has 0 atom stereocenters. The molecular formula is C33H22O2. The van der Waals surface area contributed by atoms with Crippen molar-refractivity contribution in [3.05, 3.63) is 108 Å². The standard InChI is InChI=1S/C33H22O2/c1-33(2)26-11-5-3-8-21(26)24-17-25-31(18-27(24)33)35-29-13-7-10-20(32(25)29)19-14-15-23-22-9-4-6-12-28(22)34-30(23)16-19/h3-18H,1-2H3. The van der Waals surface area contributed by atoms with Gasteiger partial charge in [0.15, 0.2) is 0 Å². The van der Waals surface area contributed by atoms with E-state index < -0.39 is 0 Å². The Balaban J connectivity index is 1.41. The van der Waals surface area contributed by atoms with Crippen LogP contribution in [-0.4, -0.2) is 0 Å². The maximum atomic E-state index is 6.44. The van der Waals surface area contributed by atoms with Crippen molar-refractivity contribution in [1.29, 1.82) is 0 Å². The van der Waals surface area contributed by atoms with Crippen molar-refractivity contribution in [3.63, 3.8) is 0 Å². The summed E-state index contributed by atoms with van der Waals surface area (Å²) in [5.41, 5.74) is 11.3. The number of benzene rings is 5. The number of hydrogen-bond donors (Lipinski definition) is 0. The molecule has 0 fully saturated rings. The summed E-state index contributed by atoms with van der Waals surface area (Å²) in [5.74, 6) is 0. The van der Waals surface area contributed by atoms with Crippen LogP contribution in [0.25, 0.3) is 66.1 Å². The van der Waals surface area contributed by atoms with Crippen LogP contribution in [0.15, 0.2) is 106 Å². The van der Waals surface area contributed by atoms with E-state index in [0.29, 0.717) is 0 Å². The maximum Gasteiger partial charge on any atom is 0.136 e. The van der Waals surface area contributed by atoms with Gasteiger partial charge in [-0.3, -0.25) is 0 Å². The predicted octanol–water partition coefficient (Wildman–Crippen LogP) is 9.46. The SMILES string of the molecule is CC1(C)c2ccccc2-c2cc3c(cc21)oc1cccc(-c2ccc4c(c2)oc2ccccc24)c13. The lowest BCUT2D eigenvalue weighted by Gasteiger charge is -2.21. The molecule has 0 spiro atoms. The first-order chi connectivity index (χ1) is 17.1. The van der Waals surface area contributed by atoms with E-state index in [1.807, 2.05) is 12.1 Å². The van der Waals surface area contributed by atoms with Crippen LogP contribution in [0, 0.1) is 0 Å². The molecule has 166 valence electrons. The molecule has 2 nitrogen and oxygen atoms in total. The average Bonchev–Trinajstić information content (AvgIpc) is 3.51. The largest absolute Gasteiger partial charge is 0.456 e. The highest BCUT2D eigenvalue weighted by Gasteiger charge is 2.36. The van der Waals surface area contributed by atoms with Crippen molar-refractivity contribution in [2.45, 2.75) is 19.3 Å². The summed E-state index contributed by atoms with van der Waals surface area (Å²) in [7, 11) is 0. The van der Waals surface area contributed by atoms with Gasteiger partial charge in [0, 0.05) is 27.0 Å². The van der Waals surface area contributed by atoms with Crippen molar-refractivity contribution in [2.24, 2.45) is 0 Å². The molecule has 1 aliphatic carbocycles. The van der Waals surface area contributed by atoms with E-state index in [9.17, 15) is 0 Å². The Hall–Kier alpha value is -4.30. The molecule has 0 saturated heterocycles. The van der Waals surface area contributed by atoms with Gasteiger partial charge < -0.3 is 8.83 Å². The third kappa shape index (κ3) is 2.44. The van der Waals surface area contributed by atoms with E-state index >= 15 is 0 Å². The Bertz CT molecular complexity index is 1980. The van der Waals surface area contributed by atoms with Gasteiger partial charge in [0.1, 0.15) is 22.3 Å². The van der Waals surface area contributed by atoms with Crippen LogP contribution >= 0.6 is 0 Å². The fourth-order valence-corrected chi connectivity index (χ4v) is 6.15. The second-order valence-electron chi connectivity index (χ2n) is 10.2.